The maximum Gasteiger partial charge on any atom is 0.166 e. The lowest BCUT2D eigenvalue weighted by Crippen LogP contribution is -3.13. The maximum absolute atomic E-state index is 11.8. The van der Waals surface area contributed by atoms with Crippen molar-refractivity contribution in [1.82, 2.24) is 0 Å². The summed E-state index contributed by atoms with van der Waals surface area (Å²) in [5.41, 5.74) is 0.721. The van der Waals surface area contributed by atoms with Crippen molar-refractivity contribution in [3.8, 4) is 5.75 Å². The molecule has 2 rings (SSSR count). The van der Waals surface area contributed by atoms with Crippen molar-refractivity contribution in [2.24, 2.45) is 0 Å². The van der Waals surface area contributed by atoms with E-state index in [1.165, 1.54) is 32.4 Å². The van der Waals surface area contributed by atoms with Crippen LogP contribution in [0.3, 0.4) is 0 Å². The van der Waals surface area contributed by atoms with Crippen molar-refractivity contribution in [1.29, 1.82) is 0 Å². The maximum atomic E-state index is 11.8. The first-order valence-corrected chi connectivity index (χ1v) is 7.40. The number of rotatable bonds is 6. The fourth-order valence-corrected chi connectivity index (χ4v) is 2.62. The van der Waals surface area contributed by atoms with Crippen LogP contribution in [0.5, 0.6) is 5.75 Å². The van der Waals surface area contributed by atoms with Gasteiger partial charge in [-0.1, -0.05) is 19.1 Å². The van der Waals surface area contributed by atoms with E-state index >= 15 is 0 Å². The Bertz CT molecular complexity index is 411. The molecule has 0 atom stereocenters. The topological polar surface area (TPSA) is 30.7 Å². The Kier molecular flexibility index (Phi) is 5.40. The average Bonchev–Trinajstić information content (AvgIpc) is 2.48. The molecule has 0 aliphatic carbocycles. The third kappa shape index (κ3) is 4.06. The van der Waals surface area contributed by atoms with Gasteiger partial charge in [-0.15, -0.1) is 0 Å². The Balaban J connectivity index is 1.86. The average molecular weight is 262 g/mol. The van der Waals surface area contributed by atoms with Gasteiger partial charge in [0.2, 0.25) is 0 Å². The monoisotopic (exact) mass is 262 g/mol. The summed E-state index contributed by atoms with van der Waals surface area (Å²) in [6.07, 6.45) is 4.57. The fourth-order valence-electron chi connectivity index (χ4n) is 2.62. The number of hydrogen-bond acceptors (Lipinski definition) is 2. The first kappa shape index (κ1) is 14.1. The lowest BCUT2D eigenvalue weighted by molar-refractivity contribution is -0.904. The van der Waals surface area contributed by atoms with Crippen LogP contribution in [0.25, 0.3) is 0 Å². The Hall–Kier alpha value is -1.35. The van der Waals surface area contributed by atoms with Gasteiger partial charge in [0.1, 0.15) is 18.9 Å². The molecule has 104 valence electrons. The highest BCUT2D eigenvalue weighted by Crippen LogP contribution is 2.19. The highest BCUT2D eigenvalue weighted by Gasteiger charge is 2.14. The second kappa shape index (κ2) is 7.29. The Morgan fingerprint density at radius 3 is 2.68 bits per heavy atom. The molecule has 0 amide bonds. The third-order valence-electron chi connectivity index (χ3n) is 3.78. The van der Waals surface area contributed by atoms with Gasteiger partial charge in [0.15, 0.2) is 5.78 Å². The number of hydrogen-bond donors (Lipinski definition) is 1. The largest absolute Gasteiger partial charge is 0.487 e. The van der Waals surface area contributed by atoms with Gasteiger partial charge >= 0.3 is 0 Å². The van der Waals surface area contributed by atoms with Crippen LogP contribution >= 0.6 is 0 Å². The number of para-hydroxylation sites is 1. The van der Waals surface area contributed by atoms with Gasteiger partial charge in [-0.3, -0.25) is 4.79 Å². The van der Waals surface area contributed by atoms with Gasteiger partial charge in [-0.2, -0.15) is 0 Å². The van der Waals surface area contributed by atoms with Gasteiger partial charge in [-0.25, -0.2) is 0 Å². The molecule has 1 aromatic carbocycles. The molecule has 1 aliphatic heterocycles. The molecule has 1 fully saturated rings. The quantitative estimate of drug-likeness (QED) is 0.792. The molecular weight excluding hydrogens is 238 g/mol. The summed E-state index contributed by atoms with van der Waals surface area (Å²) in [5.74, 6) is 0.895. The lowest BCUT2D eigenvalue weighted by Gasteiger charge is -2.23. The number of piperidine rings is 1. The molecule has 3 nitrogen and oxygen atoms in total. The highest BCUT2D eigenvalue weighted by molar-refractivity contribution is 5.98. The number of nitrogens with one attached hydrogen (secondary N) is 1. The van der Waals surface area contributed by atoms with Gasteiger partial charge in [0.25, 0.3) is 0 Å². The standard InChI is InChI=1S/C16H23NO2/c1-2-15(18)14-8-4-5-9-16(14)19-13-12-17-10-6-3-7-11-17/h4-5,8-9H,2-3,6-7,10-13H2,1H3/p+1. The summed E-state index contributed by atoms with van der Waals surface area (Å²) in [7, 11) is 0. The molecule has 1 aromatic rings. The number of likely N-dealkylation sites (tertiary alicyclic amines) is 1. The van der Waals surface area contributed by atoms with Crippen LogP contribution in [-0.2, 0) is 0 Å². The Labute approximate surface area is 115 Å². The van der Waals surface area contributed by atoms with Crippen molar-refractivity contribution in [2.75, 3.05) is 26.2 Å². The number of ether oxygens (including phenoxy) is 1. The summed E-state index contributed by atoms with van der Waals surface area (Å²) in [5, 5.41) is 0. The molecule has 0 aromatic heterocycles. The van der Waals surface area contributed by atoms with E-state index in [0.717, 1.165) is 17.9 Å². The van der Waals surface area contributed by atoms with Crippen LogP contribution in [0, 0.1) is 0 Å². The zero-order valence-electron chi connectivity index (χ0n) is 11.8. The summed E-state index contributed by atoms with van der Waals surface area (Å²) in [6, 6.07) is 7.57. The SMILES string of the molecule is CCC(=O)c1ccccc1OCC[NH+]1CCCCC1. The molecule has 1 heterocycles. The normalized spacial score (nSPS) is 16.3. The minimum Gasteiger partial charge on any atom is -0.487 e. The van der Waals surface area contributed by atoms with Gasteiger partial charge in [0, 0.05) is 6.42 Å². The van der Waals surface area contributed by atoms with Gasteiger partial charge in [0.05, 0.1) is 18.7 Å². The van der Waals surface area contributed by atoms with Gasteiger partial charge in [-0.05, 0) is 31.4 Å². The van der Waals surface area contributed by atoms with Crippen molar-refractivity contribution < 1.29 is 14.4 Å². The van der Waals surface area contributed by atoms with Crippen molar-refractivity contribution >= 4 is 5.78 Å². The van der Waals surface area contributed by atoms with Gasteiger partial charge < -0.3 is 9.64 Å². The molecular formula is C16H24NO2+. The molecule has 1 saturated heterocycles. The number of benzene rings is 1. The third-order valence-corrected chi connectivity index (χ3v) is 3.78. The predicted molar refractivity (Wildman–Crippen MR) is 76.0 cm³/mol. The van der Waals surface area contributed by atoms with E-state index in [9.17, 15) is 4.79 Å². The summed E-state index contributed by atoms with van der Waals surface area (Å²) in [6.45, 7) is 6.15. The molecule has 0 unspecified atom stereocenters. The smallest absolute Gasteiger partial charge is 0.166 e. The lowest BCUT2D eigenvalue weighted by atomic mass is 10.1. The van der Waals surface area contributed by atoms with E-state index in [-0.39, 0.29) is 5.78 Å². The van der Waals surface area contributed by atoms with Crippen LogP contribution < -0.4 is 9.64 Å². The Morgan fingerprint density at radius 1 is 1.21 bits per heavy atom. The van der Waals surface area contributed by atoms with E-state index in [4.69, 9.17) is 4.74 Å². The summed E-state index contributed by atoms with van der Waals surface area (Å²) in [4.78, 5) is 13.4. The Morgan fingerprint density at radius 2 is 1.95 bits per heavy atom. The van der Waals surface area contributed by atoms with E-state index in [1.807, 2.05) is 31.2 Å². The predicted octanol–water partition coefficient (Wildman–Crippen LogP) is 1.73. The molecule has 3 heteroatoms. The second-order valence-electron chi connectivity index (χ2n) is 5.18. The number of Topliss-reactive ketones (excluding diaryl/α,β-unsaturated/α-hetero) is 1. The minimum absolute atomic E-state index is 0.154. The molecule has 0 saturated carbocycles. The first-order valence-electron chi connectivity index (χ1n) is 7.40. The van der Waals surface area contributed by atoms with Crippen molar-refractivity contribution in [3.05, 3.63) is 29.8 Å². The van der Waals surface area contributed by atoms with E-state index in [2.05, 4.69) is 0 Å². The number of quaternary nitrogens is 1. The van der Waals surface area contributed by atoms with E-state index in [0.29, 0.717) is 13.0 Å². The second-order valence-corrected chi connectivity index (χ2v) is 5.18. The fraction of sp³-hybridized carbons (Fsp3) is 0.562. The van der Waals surface area contributed by atoms with Crippen LogP contribution in [0.2, 0.25) is 0 Å². The number of carbonyl (C=O) groups excluding carboxylic acids is 1. The zero-order valence-corrected chi connectivity index (χ0v) is 11.8. The first-order chi connectivity index (χ1) is 9.31. The van der Waals surface area contributed by atoms with E-state index < -0.39 is 0 Å². The van der Waals surface area contributed by atoms with E-state index in [1.54, 1.807) is 4.90 Å². The van der Waals surface area contributed by atoms with Crippen LogP contribution in [0.1, 0.15) is 43.0 Å². The highest BCUT2D eigenvalue weighted by atomic mass is 16.5. The zero-order chi connectivity index (χ0) is 13.5. The summed E-state index contributed by atoms with van der Waals surface area (Å²) < 4.78 is 5.82. The molecule has 1 N–H and O–H groups in total. The minimum atomic E-state index is 0.154. The van der Waals surface area contributed by atoms with Crippen LogP contribution in [0.4, 0.5) is 0 Å². The number of carbonyl (C=O) groups is 1. The molecule has 0 spiro atoms. The van der Waals surface area contributed by atoms with Crippen LogP contribution in [-0.4, -0.2) is 32.0 Å². The van der Waals surface area contributed by atoms with Crippen LogP contribution in [0.15, 0.2) is 24.3 Å². The van der Waals surface area contributed by atoms with Crippen molar-refractivity contribution in [3.63, 3.8) is 0 Å². The summed E-state index contributed by atoms with van der Waals surface area (Å²) >= 11 is 0. The molecule has 1 aliphatic rings. The molecule has 0 bridgehead atoms. The van der Waals surface area contributed by atoms with Crippen molar-refractivity contribution in [2.45, 2.75) is 32.6 Å². The molecule has 19 heavy (non-hydrogen) atoms. The molecule has 0 radical (unpaired) electrons. The number of ketones is 1.